The Morgan fingerprint density at radius 3 is 3.05 bits per heavy atom. The van der Waals surface area contributed by atoms with Gasteiger partial charge in [0.15, 0.2) is 0 Å². The highest BCUT2D eigenvalue weighted by molar-refractivity contribution is 5.76. The lowest BCUT2D eigenvalue weighted by molar-refractivity contribution is -0.123. The molecule has 4 heteroatoms. The number of hydrogen-bond donors (Lipinski definition) is 2. The van der Waals surface area contributed by atoms with E-state index in [1.54, 1.807) is 7.11 Å². The van der Waals surface area contributed by atoms with Gasteiger partial charge in [-0.15, -0.1) is 0 Å². The van der Waals surface area contributed by atoms with Crippen molar-refractivity contribution in [3.63, 3.8) is 0 Å². The third-order valence-electron chi connectivity index (χ3n) is 4.05. The van der Waals surface area contributed by atoms with Crippen molar-refractivity contribution in [3.8, 4) is 0 Å². The Labute approximate surface area is 120 Å². The minimum atomic E-state index is -0.186. The van der Waals surface area contributed by atoms with Crippen molar-refractivity contribution in [1.82, 2.24) is 5.32 Å². The van der Waals surface area contributed by atoms with Crippen LogP contribution in [0.25, 0.3) is 0 Å². The molecule has 1 aliphatic rings. The molecule has 4 nitrogen and oxygen atoms in total. The summed E-state index contributed by atoms with van der Waals surface area (Å²) < 4.78 is 5.13. The molecule has 20 heavy (non-hydrogen) atoms. The molecule has 2 unspecified atom stereocenters. The molecule has 0 fully saturated rings. The largest absolute Gasteiger partial charge is 0.380 e. The van der Waals surface area contributed by atoms with Gasteiger partial charge in [0.25, 0.3) is 0 Å². The molecule has 0 aromatic heterocycles. The Bertz CT molecular complexity index is 444. The summed E-state index contributed by atoms with van der Waals surface area (Å²) in [6.07, 6.45) is 3.64. The lowest BCUT2D eigenvalue weighted by Crippen LogP contribution is -2.34. The van der Waals surface area contributed by atoms with Gasteiger partial charge in [-0.1, -0.05) is 24.3 Å². The molecule has 0 bridgehead atoms. The van der Waals surface area contributed by atoms with Crippen LogP contribution in [-0.4, -0.2) is 32.2 Å². The van der Waals surface area contributed by atoms with Crippen LogP contribution in [0.4, 0.5) is 0 Å². The van der Waals surface area contributed by atoms with E-state index in [-0.39, 0.29) is 12.0 Å². The van der Waals surface area contributed by atoms with Gasteiger partial charge < -0.3 is 15.8 Å². The van der Waals surface area contributed by atoms with Gasteiger partial charge in [-0.25, -0.2) is 0 Å². The smallest absolute Gasteiger partial charge is 0.222 e. The van der Waals surface area contributed by atoms with Gasteiger partial charge in [0.2, 0.25) is 5.91 Å². The van der Waals surface area contributed by atoms with Crippen LogP contribution in [0.2, 0.25) is 0 Å². The van der Waals surface area contributed by atoms with E-state index in [9.17, 15) is 4.79 Å². The summed E-state index contributed by atoms with van der Waals surface area (Å²) in [6, 6.07) is 8.54. The van der Waals surface area contributed by atoms with Gasteiger partial charge in [0.05, 0.1) is 12.5 Å². The number of carbonyl (C=O) groups is 1. The molecule has 1 aromatic rings. The lowest BCUT2D eigenvalue weighted by atomic mass is 9.83. The minimum absolute atomic E-state index is 0.0188. The summed E-state index contributed by atoms with van der Waals surface area (Å²) >= 11 is 0. The van der Waals surface area contributed by atoms with E-state index in [0.717, 1.165) is 12.8 Å². The van der Waals surface area contributed by atoms with Gasteiger partial charge >= 0.3 is 0 Å². The number of nitrogens with two attached hydrogens (primary N) is 1. The van der Waals surface area contributed by atoms with Crippen LogP contribution in [0.15, 0.2) is 24.3 Å². The monoisotopic (exact) mass is 276 g/mol. The van der Waals surface area contributed by atoms with Crippen LogP contribution in [-0.2, 0) is 16.0 Å². The highest BCUT2D eigenvalue weighted by Gasteiger charge is 2.20. The molecule has 110 valence electrons. The summed E-state index contributed by atoms with van der Waals surface area (Å²) in [5, 5.41) is 3.02. The van der Waals surface area contributed by atoms with E-state index in [0.29, 0.717) is 25.4 Å². The topological polar surface area (TPSA) is 64.3 Å². The zero-order valence-electron chi connectivity index (χ0n) is 12.1. The molecule has 2 atom stereocenters. The predicted octanol–water partition coefficient (Wildman–Crippen LogP) is 1.59. The fourth-order valence-electron chi connectivity index (χ4n) is 2.85. The highest BCUT2D eigenvalue weighted by Crippen LogP contribution is 2.30. The standard InChI is InChI=1S/C16H24N2O2/c1-20-14(10-17)9-16(19)18-11-13-7-4-6-12-5-2-3-8-15(12)13/h2-3,5,8,13-14H,4,6-7,9-11,17H2,1H3,(H,18,19). The molecule has 1 amide bonds. The summed E-state index contributed by atoms with van der Waals surface area (Å²) in [5.41, 5.74) is 8.34. The fraction of sp³-hybridized carbons (Fsp3) is 0.562. The number of amides is 1. The second-order valence-electron chi connectivity index (χ2n) is 5.39. The number of fused-ring (bicyclic) bond motifs is 1. The van der Waals surface area contributed by atoms with Gasteiger partial charge in [-0.2, -0.15) is 0 Å². The fourth-order valence-corrected chi connectivity index (χ4v) is 2.85. The highest BCUT2D eigenvalue weighted by atomic mass is 16.5. The molecule has 1 aromatic carbocycles. The van der Waals surface area contributed by atoms with Gasteiger partial charge in [0.1, 0.15) is 0 Å². The molecule has 0 spiro atoms. The third-order valence-corrected chi connectivity index (χ3v) is 4.05. The molecule has 0 radical (unpaired) electrons. The quantitative estimate of drug-likeness (QED) is 0.829. The number of benzene rings is 1. The maximum absolute atomic E-state index is 11.9. The van der Waals surface area contributed by atoms with Crippen LogP contribution in [0.1, 0.15) is 36.3 Å². The van der Waals surface area contributed by atoms with Crippen molar-refractivity contribution in [3.05, 3.63) is 35.4 Å². The third kappa shape index (κ3) is 3.81. The molecule has 0 heterocycles. The molecule has 1 aliphatic carbocycles. The summed E-state index contributed by atoms with van der Waals surface area (Å²) in [5.74, 6) is 0.452. The number of carbonyl (C=O) groups excluding carboxylic acids is 1. The van der Waals surface area contributed by atoms with E-state index in [1.807, 2.05) is 0 Å². The summed E-state index contributed by atoms with van der Waals surface area (Å²) in [6.45, 7) is 1.08. The van der Waals surface area contributed by atoms with Crippen molar-refractivity contribution in [2.45, 2.75) is 37.7 Å². The van der Waals surface area contributed by atoms with Crippen molar-refractivity contribution in [2.24, 2.45) is 5.73 Å². The van der Waals surface area contributed by atoms with E-state index < -0.39 is 0 Å². The average molecular weight is 276 g/mol. The van der Waals surface area contributed by atoms with Crippen LogP contribution in [0, 0.1) is 0 Å². The molecule has 3 N–H and O–H groups in total. The number of rotatable bonds is 6. The molecular weight excluding hydrogens is 252 g/mol. The van der Waals surface area contributed by atoms with Crippen LogP contribution < -0.4 is 11.1 Å². The predicted molar refractivity (Wildman–Crippen MR) is 79.6 cm³/mol. The maximum Gasteiger partial charge on any atom is 0.222 e. The maximum atomic E-state index is 11.9. The molecular formula is C16H24N2O2. The van der Waals surface area contributed by atoms with Crippen LogP contribution >= 0.6 is 0 Å². The van der Waals surface area contributed by atoms with Crippen molar-refractivity contribution < 1.29 is 9.53 Å². The number of nitrogens with one attached hydrogen (secondary N) is 1. The molecule has 0 saturated carbocycles. The van der Waals surface area contributed by atoms with E-state index >= 15 is 0 Å². The number of hydrogen-bond acceptors (Lipinski definition) is 3. The first kappa shape index (κ1) is 15.0. The summed E-state index contributed by atoms with van der Waals surface area (Å²) in [4.78, 5) is 11.9. The number of ether oxygens (including phenoxy) is 1. The van der Waals surface area contributed by atoms with Gasteiger partial charge in [-0.05, 0) is 30.4 Å². The molecule has 2 rings (SSSR count). The second-order valence-corrected chi connectivity index (χ2v) is 5.39. The minimum Gasteiger partial charge on any atom is -0.380 e. The Hall–Kier alpha value is -1.39. The first-order chi connectivity index (χ1) is 9.74. The number of methoxy groups -OCH3 is 1. The van der Waals surface area contributed by atoms with Crippen molar-refractivity contribution in [1.29, 1.82) is 0 Å². The Morgan fingerprint density at radius 1 is 1.50 bits per heavy atom. The first-order valence-corrected chi connectivity index (χ1v) is 7.32. The number of aryl methyl sites for hydroxylation is 1. The first-order valence-electron chi connectivity index (χ1n) is 7.32. The Kier molecular flexibility index (Phi) is 5.56. The second kappa shape index (κ2) is 7.41. The van der Waals surface area contributed by atoms with Crippen molar-refractivity contribution in [2.75, 3.05) is 20.2 Å². The van der Waals surface area contributed by atoms with Crippen molar-refractivity contribution >= 4 is 5.91 Å². The Morgan fingerprint density at radius 2 is 2.30 bits per heavy atom. The summed E-state index contributed by atoms with van der Waals surface area (Å²) in [7, 11) is 1.59. The molecule has 0 saturated heterocycles. The zero-order valence-corrected chi connectivity index (χ0v) is 12.1. The molecule has 0 aliphatic heterocycles. The zero-order chi connectivity index (χ0) is 14.4. The SMILES string of the molecule is COC(CN)CC(=O)NCC1CCCc2ccccc21. The normalized spacial score (nSPS) is 19.2. The Balaban J connectivity index is 1.87. The average Bonchev–Trinajstić information content (AvgIpc) is 2.50. The van der Waals surface area contributed by atoms with E-state index in [2.05, 4.69) is 29.6 Å². The van der Waals surface area contributed by atoms with Gasteiger partial charge in [-0.3, -0.25) is 4.79 Å². The van der Waals surface area contributed by atoms with Crippen LogP contribution in [0.5, 0.6) is 0 Å². The van der Waals surface area contributed by atoms with Crippen LogP contribution in [0.3, 0.4) is 0 Å². The van der Waals surface area contributed by atoms with E-state index in [4.69, 9.17) is 10.5 Å². The van der Waals surface area contributed by atoms with E-state index in [1.165, 1.54) is 17.5 Å². The lowest BCUT2D eigenvalue weighted by Gasteiger charge is -2.26. The van der Waals surface area contributed by atoms with Gasteiger partial charge in [0, 0.05) is 26.1 Å².